The van der Waals surface area contributed by atoms with E-state index in [9.17, 15) is 32.7 Å². The van der Waals surface area contributed by atoms with Crippen molar-refractivity contribution in [2.75, 3.05) is 13.2 Å². The highest BCUT2D eigenvalue weighted by Gasteiger charge is 2.54. The number of oxime groups is 1. The quantitative estimate of drug-likeness (QED) is 0.615. The summed E-state index contributed by atoms with van der Waals surface area (Å²) in [5, 5.41) is 16.1. The van der Waals surface area contributed by atoms with Crippen LogP contribution in [0, 0.1) is 11.6 Å². The Labute approximate surface area is 212 Å². The van der Waals surface area contributed by atoms with Gasteiger partial charge >= 0.3 is 0 Å². The maximum Gasteiger partial charge on any atom is 0.274 e. The van der Waals surface area contributed by atoms with Crippen LogP contribution in [0.5, 0.6) is 5.75 Å². The molecule has 0 aromatic carbocycles. The lowest BCUT2D eigenvalue weighted by Gasteiger charge is -2.41. The van der Waals surface area contributed by atoms with Crippen LogP contribution in [0.15, 0.2) is 22.3 Å². The molecule has 3 aliphatic rings. The van der Waals surface area contributed by atoms with Crippen LogP contribution in [0.4, 0.5) is 13.2 Å². The number of halogens is 4. The summed E-state index contributed by atoms with van der Waals surface area (Å²) in [7, 11) is 0. The van der Waals surface area contributed by atoms with Gasteiger partial charge < -0.3 is 24.7 Å². The van der Waals surface area contributed by atoms with Crippen LogP contribution < -0.4 is 10.7 Å². The van der Waals surface area contributed by atoms with Gasteiger partial charge in [0, 0.05) is 25.2 Å². The van der Waals surface area contributed by atoms with Gasteiger partial charge in [-0.2, -0.15) is 0 Å². The molecule has 0 radical (unpaired) electrons. The summed E-state index contributed by atoms with van der Waals surface area (Å²) >= 11 is 5.54. The summed E-state index contributed by atoms with van der Waals surface area (Å²) in [5.41, 5.74) is -3.21. The number of carbonyl (C=O) groups excluding carboxylic acids is 2. The lowest BCUT2D eigenvalue weighted by molar-refractivity contribution is -0.0655. The summed E-state index contributed by atoms with van der Waals surface area (Å²) in [6.45, 7) is 0.581. The predicted molar refractivity (Wildman–Crippen MR) is 123 cm³/mol. The molecule has 2 aromatic heterocycles. The SMILES string of the molecule is CC1CC[C@]2(CC(CF)=NO2)C2CN1C(=O)c1c(O)c(=O)c(C(=O)NCc3ncc(F)c(Cl)c3F)cn12. The molecule has 0 aliphatic carbocycles. The summed E-state index contributed by atoms with van der Waals surface area (Å²) < 4.78 is 42.3. The molecule has 14 heteroatoms. The van der Waals surface area contributed by atoms with Crippen molar-refractivity contribution in [2.45, 2.75) is 50.4 Å². The number of aromatic nitrogens is 2. The fraction of sp³-hybridized carbons (Fsp3) is 0.435. The second kappa shape index (κ2) is 9.05. The van der Waals surface area contributed by atoms with E-state index in [1.807, 2.05) is 6.92 Å². The van der Waals surface area contributed by atoms with E-state index in [0.717, 1.165) is 6.20 Å². The van der Waals surface area contributed by atoms with E-state index in [4.69, 9.17) is 16.4 Å². The molecule has 3 atom stereocenters. The van der Waals surface area contributed by atoms with Crippen LogP contribution in [-0.4, -0.2) is 61.9 Å². The van der Waals surface area contributed by atoms with Crippen molar-refractivity contribution in [2.24, 2.45) is 5.16 Å². The first-order valence-electron chi connectivity index (χ1n) is 11.4. The van der Waals surface area contributed by atoms with Crippen molar-refractivity contribution in [3.63, 3.8) is 0 Å². The van der Waals surface area contributed by atoms with Crippen molar-refractivity contribution < 1.29 is 32.7 Å². The third-order valence-electron chi connectivity index (χ3n) is 7.17. The molecule has 2 aromatic rings. The van der Waals surface area contributed by atoms with E-state index in [2.05, 4.69) is 15.5 Å². The number of alkyl halides is 1. The van der Waals surface area contributed by atoms with E-state index in [1.165, 1.54) is 9.47 Å². The lowest BCUT2D eigenvalue weighted by Crippen LogP contribution is -2.52. The minimum absolute atomic E-state index is 0.120. The Morgan fingerprint density at radius 2 is 2.14 bits per heavy atom. The Bertz CT molecular complexity index is 1420. The number of hydrogen-bond acceptors (Lipinski definition) is 7. The molecule has 2 bridgehead atoms. The van der Waals surface area contributed by atoms with Gasteiger partial charge in [0.1, 0.15) is 17.3 Å². The molecule has 196 valence electrons. The van der Waals surface area contributed by atoms with Crippen molar-refractivity contribution >= 4 is 29.1 Å². The fourth-order valence-electron chi connectivity index (χ4n) is 5.12. The highest BCUT2D eigenvalue weighted by molar-refractivity contribution is 6.30. The molecule has 5 heterocycles. The smallest absolute Gasteiger partial charge is 0.274 e. The second-order valence-corrected chi connectivity index (χ2v) is 9.70. The molecule has 2 unspecified atom stereocenters. The van der Waals surface area contributed by atoms with Crippen molar-refractivity contribution in [1.82, 2.24) is 19.8 Å². The number of nitrogens with one attached hydrogen (secondary N) is 1. The molecule has 1 saturated heterocycles. The first-order chi connectivity index (χ1) is 17.6. The van der Waals surface area contributed by atoms with Crippen molar-refractivity contribution in [3.05, 3.63) is 56.2 Å². The highest BCUT2D eigenvalue weighted by Crippen LogP contribution is 2.46. The number of nitrogens with zero attached hydrogens (tertiary/aromatic N) is 4. The highest BCUT2D eigenvalue weighted by atomic mass is 35.5. The van der Waals surface area contributed by atoms with Gasteiger partial charge in [-0.25, -0.2) is 13.2 Å². The largest absolute Gasteiger partial charge is 0.503 e. The molecular formula is C23H21ClF3N5O5. The minimum atomic E-state index is -1.17. The van der Waals surface area contributed by atoms with Gasteiger partial charge in [-0.05, 0) is 19.8 Å². The van der Waals surface area contributed by atoms with Crippen LogP contribution in [-0.2, 0) is 11.4 Å². The summed E-state index contributed by atoms with van der Waals surface area (Å²) in [4.78, 5) is 49.9. The molecule has 2 amide bonds. The van der Waals surface area contributed by atoms with Crippen molar-refractivity contribution in [1.29, 1.82) is 0 Å². The minimum Gasteiger partial charge on any atom is -0.503 e. The lowest BCUT2D eigenvalue weighted by atomic mass is 9.84. The number of carbonyl (C=O) groups is 2. The Balaban J connectivity index is 1.54. The maximum atomic E-state index is 14.2. The Hall–Kier alpha value is -3.61. The van der Waals surface area contributed by atoms with E-state index < -0.39 is 70.1 Å². The molecule has 0 saturated carbocycles. The number of amides is 2. The molecule has 37 heavy (non-hydrogen) atoms. The topological polar surface area (TPSA) is 126 Å². The van der Waals surface area contributed by atoms with Crippen LogP contribution in [0.2, 0.25) is 5.02 Å². The number of hydrogen-bond donors (Lipinski definition) is 2. The van der Waals surface area contributed by atoms with Crippen LogP contribution in [0.1, 0.15) is 58.8 Å². The average Bonchev–Trinajstić information content (AvgIpc) is 3.26. The maximum absolute atomic E-state index is 14.2. The van der Waals surface area contributed by atoms with Gasteiger partial charge in [-0.1, -0.05) is 16.8 Å². The van der Waals surface area contributed by atoms with E-state index in [0.29, 0.717) is 19.0 Å². The van der Waals surface area contributed by atoms with Gasteiger partial charge in [-0.3, -0.25) is 19.4 Å². The Kier molecular flexibility index (Phi) is 6.13. The summed E-state index contributed by atoms with van der Waals surface area (Å²) in [6, 6.07) is -0.963. The zero-order valence-electron chi connectivity index (χ0n) is 19.4. The first kappa shape index (κ1) is 25.1. The number of rotatable bonds is 4. The zero-order chi connectivity index (χ0) is 26.6. The first-order valence-corrected chi connectivity index (χ1v) is 11.8. The zero-order valence-corrected chi connectivity index (χ0v) is 20.2. The predicted octanol–water partition coefficient (Wildman–Crippen LogP) is 2.47. The monoisotopic (exact) mass is 539 g/mol. The van der Waals surface area contributed by atoms with Gasteiger partial charge in [0.25, 0.3) is 11.8 Å². The van der Waals surface area contributed by atoms with Crippen molar-refractivity contribution in [3.8, 4) is 5.75 Å². The molecular weight excluding hydrogens is 519 g/mol. The third-order valence-corrected chi connectivity index (χ3v) is 7.51. The standard InChI is InChI=1S/C23H21ClF3N5O5/c1-10-2-3-23(4-11(5-25)30-37-23)15-9-31(10)22(36)18-20(34)19(33)12(8-32(15)18)21(35)29-7-14-17(27)16(24)13(26)6-28-14/h6,8,10,15,34H,2-5,7,9H2,1H3,(H,29,35)/t10?,15?,23-/m0/s1. The second-order valence-electron chi connectivity index (χ2n) is 9.32. The summed E-state index contributed by atoms with van der Waals surface area (Å²) in [5.74, 6) is -4.79. The van der Waals surface area contributed by atoms with E-state index in [1.54, 1.807) is 0 Å². The van der Waals surface area contributed by atoms with Crippen LogP contribution in [0.25, 0.3) is 0 Å². The average molecular weight is 540 g/mol. The number of fused-ring (bicyclic) bond motifs is 5. The fourth-order valence-corrected chi connectivity index (χ4v) is 5.28. The number of pyridine rings is 2. The van der Waals surface area contributed by atoms with E-state index in [-0.39, 0.29) is 36.1 Å². The Morgan fingerprint density at radius 3 is 2.84 bits per heavy atom. The molecule has 1 spiro atoms. The summed E-state index contributed by atoms with van der Waals surface area (Å²) in [6.07, 6.45) is 2.85. The molecule has 5 rings (SSSR count). The van der Waals surface area contributed by atoms with Crippen LogP contribution in [0.3, 0.4) is 0 Å². The molecule has 10 nitrogen and oxygen atoms in total. The van der Waals surface area contributed by atoms with E-state index >= 15 is 0 Å². The van der Waals surface area contributed by atoms with Gasteiger partial charge in [-0.15, -0.1) is 0 Å². The normalized spacial score (nSPS) is 24.4. The van der Waals surface area contributed by atoms with Crippen LogP contribution >= 0.6 is 11.6 Å². The number of aromatic hydroxyl groups is 1. The van der Waals surface area contributed by atoms with Gasteiger partial charge in [0.15, 0.2) is 28.7 Å². The van der Waals surface area contributed by atoms with Gasteiger partial charge in [0.2, 0.25) is 5.43 Å². The molecule has 2 N–H and O–H groups in total. The van der Waals surface area contributed by atoms with Gasteiger partial charge in [0.05, 0.1) is 30.2 Å². The third kappa shape index (κ3) is 3.92. The molecule has 1 fully saturated rings. The Morgan fingerprint density at radius 1 is 1.38 bits per heavy atom. The molecule has 3 aliphatic heterocycles.